The third kappa shape index (κ3) is 3.43. The fourth-order valence-corrected chi connectivity index (χ4v) is 2.55. The maximum absolute atomic E-state index is 11.4. The Labute approximate surface area is 148 Å². The highest BCUT2D eigenvalue weighted by atomic mass is 35.5. The van der Waals surface area contributed by atoms with Crippen LogP contribution >= 0.6 is 11.6 Å². The molecule has 1 N–H and O–H groups in total. The van der Waals surface area contributed by atoms with E-state index in [0.717, 1.165) is 5.56 Å². The molecule has 1 aromatic heterocycles. The Morgan fingerprint density at radius 3 is 2.68 bits per heavy atom. The lowest BCUT2D eigenvalue weighted by molar-refractivity contribution is -0.384. The zero-order valence-corrected chi connectivity index (χ0v) is 14.3. The molecule has 0 fully saturated rings. The van der Waals surface area contributed by atoms with Crippen molar-refractivity contribution in [3.05, 3.63) is 63.2 Å². The smallest absolute Gasteiger partial charge is 0.293 e. The molecule has 0 unspecified atom stereocenters. The Morgan fingerprint density at radius 1 is 1.24 bits per heavy atom. The largest absolute Gasteiger partial charge is 0.317 e. The van der Waals surface area contributed by atoms with Crippen molar-refractivity contribution in [2.75, 3.05) is 5.32 Å². The van der Waals surface area contributed by atoms with Gasteiger partial charge in [0, 0.05) is 6.07 Å². The van der Waals surface area contributed by atoms with E-state index >= 15 is 0 Å². The second-order valence-electron chi connectivity index (χ2n) is 5.68. The molecular weight excluding hydrogens is 344 g/mol. The van der Waals surface area contributed by atoms with Gasteiger partial charge in [0.15, 0.2) is 0 Å². The molecule has 128 valence electrons. The summed E-state index contributed by atoms with van der Waals surface area (Å²) in [7, 11) is 0. The molecule has 0 atom stereocenters. The first-order valence-electron chi connectivity index (χ1n) is 7.56. The van der Waals surface area contributed by atoms with E-state index < -0.39 is 4.92 Å². The number of hydrogen-bond donors (Lipinski definition) is 1. The second-order valence-corrected chi connectivity index (χ2v) is 6.09. The molecule has 3 aromatic rings. The fraction of sp³-hybridized carbons (Fsp3) is 0.188. The number of anilines is 2. The van der Waals surface area contributed by atoms with E-state index in [-0.39, 0.29) is 17.6 Å². The van der Waals surface area contributed by atoms with Crippen LogP contribution in [0.25, 0.3) is 5.69 Å². The minimum absolute atomic E-state index is 0.0418. The van der Waals surface area contributed by atoms with Gasteiger partial charge in [0.05, 0.1) is 15.6 Å². The molecule has 0 radical (unpaired) electrons. The maximum atomic E-state index is 11.4. The standard InChI is InChI=1S/C16H15ClN6O2/c1-10(2)11-7-8-13(15(9-11)23(24)25)18-16-19-20-21-22(16)14-6-4-3-5-12(14)17/h3-10H,1-2H3,(H,18,19,21). The molecule has 0 aliphatic carbocycles. The average Bonchev–Trinajstić information content (AvgIpc) is 3.03. The van der Waals surface area contributed by atoms with Crippen LogP contribution in [0.3, 0.4) is 0 Å². The SMILES string of the molecule is CC(C)c1ccc(Nc2nnnn2-c2ccccc2Cl)c([N+](=O)[O-])c1. The lowest BCUT2D eigenvalue weighted by Gasteiger charge is -2.11. The van der Waals surface area contributed by atoms with Gasteiger partial charge in [-0.3, -0.25) is 10.1 Å². The predicted molar refractivity (Wildman–Crippen MR) is 94.6 cm³/mol. The van der Waals surface area contributed by atoms with Crippen LogP contribution in [0.15, 0.2) is 42.5 Å². The van der Waals surface area contributed by atoms with Crippen LogP contribution in [0.4, 0.5) is 17.3 Å². The molecule has 0 saturated carbocycles. The van der Waals surface area contributed by atoms with Crippen molar-refractivity contribution in [1.29, 1.82) is 0 Å². The zero-order chi connectivity index (χ0) is 18.0. The minimum atomic E-state index is -0.433. The topological polar surface area (TPSA) is 98.8 Å². The Bertz CT molecular complexity index is 924. The van der Waals surface area contributed by atoms with E-state index in [4.69, 9.17) is 11.6 Å². The summed E-state index contributed by atoms with van der Waals surface area (Å²) >= 11 is 6.18. The van der Waals surface area contributed by atoms with E-state index in [0.29, 0.717) is 16.4 Å². The number of halogens is 1. The lowest BCUT2D eigenvalue weighted by atomic mass is 10.0. The molecule has 3 rings (SSSR count). The summed E-state index contributed by atoms with van der Waals surface area (Å²) in [5.41, 5.74) is 1.71. The number of nitro groups is 1. The molecular formula is C16H15ClN6O2. The van der Waals surface area contributed by atoms with Crippen molar-refractivity contribution in [3.63, 3.8) is 0 Å². The van der Waals surface area contributed by atoms with Gasteiger partial charge in [-0.25, -0.2) is 0 Å². The van der Waals surface area contributed by atoms with Gasteiger partial charge in [0.1, 0.15) is 5.69 Å². The lowest BCUT2D eigenvalue weighted by Crippen LogP contribution is -2.06. The summed E-state index contributed by atoms with van der Waals surface area (Å²) in [5, 5.41) is 26.2. The van der Waals surface area contributed by atoms with Crippen LogP contribution in [0, 0.1) is 10.1 Å². The van der Waals surface area contributed by atoms with Gasteiger partial charge in [-0.2, -0.15) is 4.68 Å². The first kappa shape index (κ1) is 16.8. The van der Waals surface area contributed by atoms with Crippen molar-refractivity contribution >= 4 is 28.9 Å². The molecule has 0 aliphatic rings. The normalized spacial score (nSPS) is 10.9. The van der Waals surface area contributed by atoms with Crippen LogP contribution < -0.4 is 5.32 Å². The van der Waals surface area contributed by atoms with E-state index in [9.17, 15) is 10.1 Å². The number of nitrogens with one attached hydrogen (secondary N) is 1. The molecule has 9 heteroatoms. The number of tetrazole rings is 1. The van der Waals surface area contributed by atoms with Crippen molar-refractivity contribution < 1.29 is 4.92 Å². The summed E-state index contributed by atoms with van der Waals surface area (Å²) in [6.45, 7) is 3.95. The first-order chi connectivity index (χ1) is 12.0. The Hall–Kier alpha value is -3.00. The van der Waals surface area contributed by atoms with E-state index in [1.165, 1.54) is 4.68 Å². The van der Waals surface area contributed by atoms with Crippen molar-refractivity contribution in [1.82, 2.24) is 20.2 Å². The van der Waals surface area contributed by atoms with Crippen molar-refractivity contribution in [2.24, 2.45) is 0 Å². The molecule has 0 amide bonds. The van der Waals surface area contributed by atoms with Gasteiger partial charge in [-0.1, -0.05) is 48.7 Å². The minimum Gasteiger partial charge on any atom is -0.317 e. The molecule has 2 aromatic carbocycles. The summed E-state index contributed by atoms with van der Waals surface area (Å²) in [6, 6.07) is 12.1. The molecule has 1 heterocycles. The van der Waals surface area contributed by atoms with Crippen LogP contribution in [0.5, 0.6) is 0 Å². The molecule has 0 bridgehead atoms. The summed E-state index contributed by atoms with van der Waals surface area (Å²) in [5.74, 6) is 0.412. The predicted octanol–water partition coefficient (Wildman–Crippen LogP) is 4.09. The number of aromatic nitrogens is 4. The Morgan fingerprint density at radius 2 is 2.00 bits per heavy atom. The summed E-state index contributed by atoms with van der Waals surface area (Å²) in [4.78, 5) is 11.0. The highest BCUT2D eigenvalue weighted by Gasteiger charge is 2.19. The molecule has 0 aliphatic heterocycles. The van der Waals surface area contributed by atoms with E-state index in [1.54, 1.807) is 36.4 Å². The third-order valence-corrected chi connectivity index (χ3v) is 4.00. The van der Waals surface area contributed by atoms with Crippen LogP contribution in [-0.2, 0) is 0 Å². The number of nitrogens with zero attached hydrogens (tertiary/aromatic N) is 5. The fourth-order valence-electron chi connectivity index (χ4n) is 2.34. The number of nitro benzene ring substituents is 1. The van der Waals surface area contributed by atoms with Gasteiger partial charge in [0.2, 0.25) is 0 Å². The monoisotopic (exact) mass is 358 g/mol. The number of rotatable bonds is 5. The Kier molecular flexibility index (Phi) is 4.62. The van der Waals surface area contributed by atoms with Gasteiger partial charge < -0.3 is 5.32 Å². The molecule has 8 nitrogen and oxygen atoms in total. The number of hydrogen-bond acceptors (Lipinski definition) is 6. The number of benzene rings is 2. The van der Waals surface area contributed by atoms with Crippen molar-refractivity contribution in [3.8, 4) is 5.69 Å². The summed E-state index contributed by atoms with van der Waals surface area (Å²) in [6.07, 6.45) is 0. The van der Waals surface area contributed by atoms with Crippen LogP contribution in [-0.4, -0.2) is 25.1 Å². The highest BCUT2D eigenvalue weighted by Crippen LogP contribution is 2.31. The summed E-state index contributed by atoms with van der Waals surface area (Å²) < 4.78 is 1.39. The van der Waals surface area contributed by atoms with Crippen molar-refractivity contribution in [2.45, 2.75) is 19.8 Å². The zero-order valence-electron chi connectivity index (χ0n) is 13.5. The van der Waals surface area contributed by atoms with Crippen LogP contribution in [0.1, 0.15) is 25.3 Å². The first-order valence-corrected chi connectivity index (χ1v) is 7.94. The Balaban J connectivity index is 2.01. The van der Waals surface area contributed by atoms with Gasteiger partial charge >= 0.3 is 0 Å². The maximum Gasteiger partial charge on any atom is 0.293 e. The average molecular weight is 359 g/mol. The van der Waals surface area contributed by atoms with Gasteiger partial charge in [-0.15, -0.1) is 0 Å². The highest BCUT2D eigenvalue weighted by molar-refractivity contribution is 6.32. The number of para-hydroxylation sites is 1. The van der Waals surface area contributed by atoms with Gasteiger partial charge in [0.25, 0.3) is 11.6 Å². The molecule has 0 spiro atoms. The van der Waals surface area contributed by atoms with E-state index in [1.807, 2.05) is 19.9 Å². The van der Waals surface area contributed by atoms with Crippen LogP contribution in [0.2, 0.25) is 5.02 Å². The molecule has 25 heavy (non-hydrogen) atoms. The van der Waals surface area contributed by atoms with E-state index in [2.05, 4.69) is 20.8 Å². The quantitative estimate of drug-likeness (QED) is 0.544. The van der Waals surface area contributed by atoms with Gasteiger partial charge in [-0.05, 0) is 40.1 Å². The second kappa shape index (κ2) is 6.86. The third-order valence-electron chi connectivity index (χ3n) is 3.68. The molecule has 0 saturated heterocycles.